The van der Waals surface area contributed by atoms with Gasteiger partial charge in [-0.05, 0) is 44.5 Å². The van der Waals surface area contributed by atoms with E-state index < -0.39 is 0 Å². The molecule has 0 aliphatic rings. The highest BCUT2D eigenvalue weighted by atomic mass is 79.9. The molecule has 1 aromatic carbocycles. The summed E-state index contributed by atoms with van der Waals surface area (Å²) in [5.41, 5.74) is 2.64. The molecule has 0 aliphatic carbocycles. The number of anilines is 1. The minimum Gasteiger partial charge on any atom is -0.383 e. The average Bonchev–Trinajstić information content (AvgIpc) is 2.50. The molecule has 21 heavy (non-hydrogen) atoms. The van der Waals surface area contributed by atoms with Crippen LogP contribution in [0.15, 0.2) is 22.7 Å². The highest BCUT2D eigenvalue weighted by Crippen LogP contribution is 2.32. The first-order valence-electron chi connectivity index (χ1n) is 7.81. The Morgan fingerprint density at radius 1 is 1.29 bits per heavy atom. The van der Waals surface area contributed by atoms with Crippen LogP contribution < -0.4 is 10.2 Å². The maximum atomic E-state index is 5.32. The molecule has 4 heteroatoms. The van der Waals surface area contributed by atoms with Crippen molar-refractivity contribution in [3.05, 3.63) is 28.2 Å². The number of rotatable bonds is 9. The van der Waals surface area contributed by atoms with Crippen molar-refractivity contribution in [1.82, 2.24) is 5.32 Å². The van der Waals surface area contributed by atoms with Crippen LogP contribution in [0.3, 0.4) is 0 Å². The number of nitrogens with zero attached hydrogens (tertiary/aromatic N) is 1. The zero-order valence-electron chi connectivity index (χ0n) is 13.9. The van der Waals surface area contributed by atoms with Crippen LogP contribution in [0, 0.1) is 0 Å². The minimum absolute atomic E-state index is 0.326. The van der Waals surface area contributed by atoms with Gasteiger partial charge in [-0.1, -0.05) is 35.8 Å². The Labute approximate surface area is 138 Å². The summed E-state index contributed by atoms with van der Waals surface area (Å²) in [4.78, 5) is 2.50. The van der Waals surface area contributed by atoms with Gasteiger partial charge in [-0.3, -0.25) is 0 Å². The summed E-state index contributed by atoms with van der Waals surface area (Å²) in [7, 11) is 3.77. The van der Waals surface area contributed by atoms with Crippen LogP contribution in [0.5, 0.6) is 0 Å². The van der Waals surface area contributed by atoms with Crippen molar-refractivity contribution in [2.45, 2.75) is 45.7 Å². The molecule has 3 nitrogen and oxygen atoms in total. The number of benzene rings is 1. The third-order valence-electron chi connectivity index (χ3n) is 4.12. The molecular formula is C17H29BrN2O. The van der Waals surface area contributed by atoms with Crippen molar-refractivity contribution in [2.24, 2.45) is 0 Å². The van der Waals surface area contributed by atoms with E-state index in [-0.39, 0.29) is 0 Å². The smallest absolute Gasteiger partial charge is 0.0637 e. The van der Waals surface area contributed by atoms with E-state index in [2.05, 4.69) is 65.1 Å². The fourth-order valence-electron chi connectivity index (χ4n) is 2.71. The van der Waals surface area contributed by atoms with Crippen molar-refractivity contribution >= 4 is 21.6 Å². The molecule has 0 radical (unpaired) electrons. The molecule has 0 aliphatic heterocycles. The average molecular weight is 357 g/mol. The Hall–Kier alpha value is -0.580. The van der Waals surface area contributed by atoms with E-state index in [4.69, 9.17) is 4.74 Å². The van der Waals surface area contributed by atoms with Crippen LogP contribution in [0.2, 0.25) is 0 Å². The lowest BCUT2D eigenvalue weighted by Gasteiger charge is -2.35. The molecule has 0 spiro atoms. The summed E-state index contributed by atoms with van der Waals surface area (Å²) in [6.45, 7) is 8.38. The van der Waals surface area contributed by atoms with Gasteiger partial charge >= 0.3 is 0 Å². The Kier molecular flexibility index (Phi) is 8.30. The van der Waals surface area contributed by atoms with Crippen LogP contribution in [-0.4, -0.2) is 33.4 Å². The quantitative estimate of drug-likeness (QED) is 0.710. The van der Waals surface area contributed by atoms with E-state index in [1.54, 1.807) is 7.11 Å². The number of methoxy groups -OCH3 is 1. The maximum Gasteiger partial charge on any atom is 0.0637 e. The van der Waals surface area contributed by atoms with Gasteiger partial charge in [0, 0.05) is 35.9 Å². The third-order valence-corrected chi connectivity index (χ3v) is 4.61. The fraction of sp³-hybridized carbons (Fsp3) is 0.647. The SMILES string of the molecule is CCC(CC)N(CCOC)c1cc(Br)ccc1C(C)NC. The number of hydrogen-bond acceptors (Lipinski definition) is 3. The maximum absolute atomic E-state index is 5.32. The molecule has 1 atom stereocenters. The first-order chi connectivity index (χ1) is 10.1. The van der Waals surface area contributed by atoms with Gasteiger partial charge in [0.2, 0.25) is 0 Å². The van der Waals surface area contributed by atoms with Crippen LogP contribution in [0.4, 0.5) is 5.69 Å². The van der Waals surface area contributed by atoms with Gasteiger partial charge in [0.05, 0.1) is 6.61 Å². The normalized spacial score (nSPS) is 12.7. The van der Waals surface area contributed by atoms with E-state index in [0.717, 1.165) is 30.5 Å². The monoisotopic (exact) mass is 356 g/mol. The van der Waals surface area contributed by atoms with Crippen LogP contribution in [0.1, 0.15) is 45.2 Å². The molecule has 0 bridgehead atoms. The van der Waals surface area contributed by atoms with E-state index in [9.17, 15) is 0 Å². The van der Waals surface area contributed by atoms with Gasteiger partial charge in [0.25, 0.3) is 0 Å². The van der Waals surface area contributed by atoms with Gasteiger partial charge in [-0.25, -0.2) is 0 Å². The lowest BCUT2D eigenvalue weighted by atomic mass is 10.0. The predicted octanol–water partition coefficient (Wildman–Crippen LogP) is 4.37. The first-order valence-corrected chi connectivity index (χ1v) is 8.60. The molecule has 0 aromatic heterocycles. The summed E-state index contributed by atoms with van der Waals surface area (Å²) < 4.78 is 6.44. The first kappa shape index (κ1) is 18.5. The van der Waals surface area contributed by atoms with Crippen molar-refractivity contribution in [1.29, 1.82) is 0 Å². The summed E-state index contributed by atoms with van der Waals surface area (Å²) >= 11 is 3.62. The van der Waals surface area contributed by atoms with Gasteiger partial charge in [0.1, 0.15) is 0 Å². The van der Waals surface area contributed by atoms with Crippen molar-refractivity contribution in [3.8, 4) is 0 Å². The van der Waals surface area contributed by atoms with Crippen LogP contribution in [0.25, 0.3) is 0 Å². The van der Waals surface area contributed by atoms with Gasteiger partial charge in [-0.2, -0.15) is 0 Å². The number of halogens is 1. The molecule has 1 N–H and O–H groups in total. The van der Waals surface area contributed by atoms with Gasteiger partial charge in [-0.15, -0.1) is 0 Å². The lowest BCUT2D eigenvalue weighted by molar-refractivity contribution is 0.202. The largest absolute Gasteiger partial charge is 0.383 e. The molecule has 1 unspecified atom stereocenters. The lowest BCUT2D eigenvalue weighted by Crippen LogP contribution is -2.38. The standard InChI is InChI=1S/C17H29BrN2O/c1-6-15(7-2)20(10-11-21-5)17-12-14(18)8-9-16(17)13(3)19-4/h8-9,12-13,15,19H,6-7,10-11H2,1-5H3. The molecule has 1 rings (SSSR count). The Balaban J connectivity index is 3.23. The van der Waals surface area contributed by atoms with E-state index in [1.165, 1.54) is 11.3 Å². The zero-order valence-corrected chi connectivity index (χ0v) is 15.5. The third kappa shape index (κ3) is 4.97. The zero-order chi connectivity index (χ0) is 15.8. The van der Waals surface area contributed by atoms with Crippen LogP contribution >= 0.6 is 15.9 Å². The summed E-state index contributed by atoms with van der Waals surface area (Å²) in [5, 5.41) is 3.35. The molecule has 0 fully saturated rings. The second-order valence-corrected chi connectivity index (χ2v) is 6.29. The Bertz CT molecular complexity index is 421. The summed E-state index contributed by atoms with van der Waals surface area (Å²) in [6, 6.07) is 7.43. The number of hydrogen-bond donors (Lipinski definition) is 1. The number of ether oxygens (including phenoxy) is 1. The fourth-order valence-corrected chi connectivity index (χ4v) is 3.06. The minimum atomic E-state index is 0.326. The van der Waals surface area contributed by atoms with Crippen molar-refractivity contribution in [2.75, 3.05) is 32.2 Å². The van der Waals surface area contributed by atoms with E-state index >= 15 is 0 Å². The van der Waals surface area contributed by atoms with Gasteiger partial charge < -0.3 is 15.0 Å². The molecule has 120 valence electrons. The molecule has 0 saturated carbocycles. The van der Waals surface area contributed by atoms with E-state index in [0.29, 0.717) is 12.1 Å². The highest BCUT2D eigenvalue weighted by Gasteiger charge is 2.20. The van der Waals surface area contributed by atoms with Crippen molar-refractivity contribution < 1.29 is 4.74 Å². The number of nitrogens with one attached hydrogen (secondary N) is 1. The molecule has 1 aromatic rings. The summed E-state index contributed by atoms with van der Waals surface area (Å²) in [5.74, 6) is 0. The highest BCUT2D eigenvalue weighted by molar-refractivity contribution is 9.10. The van der Waals surface area contributed by atoms with E-state index in [1.807, 2.05) is 7.05 Å². The van der Waals surface area contributed by atoms with Crippen LogP contribution in [-0.2, 0) is 4.74 Å². The second-order valence-electron chi connectivity index (χ2n) is 5.37. The second kappa shape index (κ2) is 9.44. The Morgan fingerprint density at radius 2 is 1.95 bits per heavy atom. The van der Waals surface area contributed by atoms with Crippen molar-refractivity contribution in [3.63, 3.8) is 0 Å². The molecule has 0 heterocycles. The predicted molar refractivity (Wildman–Crippen MR) is 95.2 cm³/mol. The topological polar surface area (TPSA) is 24.5 Å². The van der Waals surface area contributed by atoms with Gasteiger partial charge in [0.15, 0.2) is 0 Å². The Morgan fingerprint density at radius 3 is 2.48 bits per heavy atom. The summed E-state index contributed by atoms with van der Waals surface area (Å²) in [6.07, 6.45) is 2.28. The molecule has 0 amide bonds. The molecule has 0 saturated heterocycles. The molecular weight excluding hydrogens is 328 g/mol.